The predicted octanol–water partition coefficient (Wildman–Crippen LogP) is 2.84. The van der Waals surface area contributed by atoms with Crippen molar-refractivity contribution < 1.29 is 9.90 Å². The van der Waals surface area contributed by atoms with E-state index in [-0.39, 0.29) is 12.0 Å². The maximum absolute atomic E-state index is 11.6. The van der Waals surface area contributed by atoms with Crippen LogP contribution in [-0.2, 0) is 4.79 Å². The maximum Gasteiger partial charge on any atom is 0.136 e. The number of hydrogen-bond donors (Lipinski definition) is 2. The van der Waals surface area contributed by atoms with Crippen molar-refractivity contribution in [1.82, 2.24) is 0 Å². The van der Waals surface area contributed by atoms with Gasteiger partial charge in [0.25, 0.3) is 0 Å². The molecule has 0 bridgehead atoms. The third-order valence-corrected chi connectivity index (χ3v) is 2.95. The van der Waals surface area contributed by atoms with Crippen molar-refractivity contribution in [2.75, 3.05) is 5.75 Å². The van der Waals surface area contributed by atoms with E-state index in [0.717, 1.165) is 32.1 Å². The molecular weight excluding hydrogens is 208 g/mol. The highest BCUT2D eigenvalue weighted by Gasteiger charge is 2.14. The normalized spacial score (nSPS) is 14.9. The number of aliphatic hydroxyl groups excluding tert-OH is 1. The van der Waals surface area contributed by atoms with Gasteiger partial charge < -0.3 is 5.11 Å². The summed E-state index contributed by atoms with van der Waals surface area (Å²) in [5.74, 6) is 1.22. The van der Waals surface area contributed by atoms with Crippen LogP contribution in [0.25, 0.3) is 0 Å². The molecule has 0 amide bonds. The molecule has 0 aromatic heterocycles. The van der Waals surface area contributed by atoms with Gasteiger partial charge in [0.15, 0.2) is 0 Å². The van der Waals surface area contributed by atoms with E-state index in [2.05, 4.69) is 19.6 Å². The Hall–Kier alpha value is -0.0200. The summed E-state index contributed by atoms with van der Waals surface area (Å²) in [6.45, 7) is 3.87. The van der Waals surface area contributed by atoms with Gasteiger partial charge in [-0.05, 0) is 31.9 Å². The second kappa shape index (κ2) is 9.22. The van der Waals surface area contributed by atoms with Crippen LogP contribution in [0.2, 0.25) is 0 Å². The molecule has 0 fully saturated rings. The summed E-state index contributed by atoms with van der Waals surface area (Å²) in [4.78, 5) is 11.6. The van der Waals surface area contributed by atoms with Gasteiger partial charge in [0.05, 0.1) is 6.10 Å². The molecule has 0 heterocycles. The number of carbonyl (C=O) groups is 1. The molecule has 0 aliphatic carbocycles. The molecule has 1 N–H and O–H groups in total. The largest absolute Gasteiger partial charge is 0.393 e. The lowest BCUT2D eigenvalue weighted by atomic mass is 9.92. The van der Waals surface area contributed by atoms with E-state index in [9.17, 15) is 4.79 Å². The lowest BCUT2D eigenvalue weighted by Gasteiger charge is -2.13. The molecule has 0 aliphatic heterocycles. The second-order valence-corrected chi connectivity index (χ2v) is 4.63. The van der Waals surface area contributed by atoms with Crippen LogP contribution in [0, 0.1) is 5.92 Å². The van der Waals surface area contributed by atoms with Crippen molar-refractivity contribution in [3.05, 3.63) is 0 Å². The molecule has 0 aromatic carbocycles. The van der Waals surface area contributed by atoms with Gasteiger partial charge in [-0.2, -0.15) is 12.6 Å². The van der Waals surface area contributed by atoms with Crippen LogP contribution in [0.5, 0.6) is 0 Å². The van der Waals surface area contributed by atoms with Crippen molar-refractivity contribution >= 4 is 18.4 Å². The summed E-state index contributed by atoms with van der Waals surface area (Å²) in [7, 11) is 0. The maximum atomic E-state index is 11.6. The highest BCUT2D eigenvalue weighted by molar-refractivity contribution is 7.80. The molecule has 90 valence electrons. The molecule has 0 rings (SSSR count). The summed E-state index contributed by atoms with van der Waals surface area (Å²) >= 11 is 4.08. The second-order valence-electron chi connectivity index (χ2n) is 4.18. The van der Waals surface area contributed by atoms with Gasteiger partial charge >= 0.3 is 0 Å². The summed E-state index contributed by atoms with van der Waals surface area (Å²) in [6.07, 6.45) is 5.19. The van der Waals surface area contributed by atoms with E-state index in [1.165, 1.54) is 0 Å². The van der Waals surface area contributed by atoms with Gasteiger partial charge in [-0.25, -0.2) is 0 Å². The van der Waals surface area contributed by atoms with E-state index >= 15 is 0 Å². The van der Waals surface area contributed by atoms with Crippen molar-refractivity contribution in [2.45, 2.75) is 58.5 Å². The minimum absolute atomic E-state index is 0.210. The highest BCUT2D eigenvalue weighted by Crippen LogP contribution is 2.17. The molecule has 0 radical (unpaired) electrons. The molecule has 0 saturated heterocycles. The molecule has 2 unspecified atom stereocenters. The number of rotatable bonds is 9. The SMILES string of the molecule is CCC(CCCCC(C)O)C(=O)CCS. The van der Waals surface area contributed by atoms with Gasteiger partial charge in [-0.15, -0.1) is 0 Å². The van der Waals surface area contributed by atoms with Crippen molar-refractivity contribution in [1.29, 1.82) is 0 Å². The van der Waals surface area contributed by atoms with Crippen LogP contribution in [-0.4, -0.2) is 22.7 Å². The van der Waals surface area contributed by atoms with Gasteiger partial charge in [0.2, 0.25) is 0 Å². The zero-order chi connectivity index (χ0) is 11.7. The van der Waals surface area contributed by atoms with Crippen LogP contribution in [0.3, 0.4) is 0 Å². The topological polar surface area (TPSA) is 37.3 Å². The van der Waals surface area contributed by atoms with Crippen LogP contribution in [0.15, 0.2) is 0 Å². The van der Waals surface area contributed by atoms with E-state index in [1.807, 2.05) is 6.92 Å². The average Bonchev–Trinajstić information content (AvgIpc) is 2.17. The first kappa shape index (κ1) is 15.0. The Bertz CT molecular complexity index is 169. The zero-order valence-corrected chi connectivity index (χ0v) is 10.8. The minimum Gasteiger partial charge on any atom is -0.393 e. The Labute approximate surface area is 98.9 Å². The minimum atomic E-state index is -0.210. The van der Waals surface area contributed by atoms with Gasteiger partial charge in [-0.1, -0.05) is 19.8 Å². The zero-order valence-electron chi connectivity index (χ0n) is 9.91. The Kier molecular flexibility index (Phi) is 9.21. The lowest BCUT2D eigenvalue weighted by molar-refractivity contribution is -0.122. The van der Waals surface area contributed by atoms with Gasteiger partial charge in [0.1, 0.15) is 5.78 Å². The molecular formula is C12H24O2S. The molecule has 0 spiro atoms. The quantitative estimate of drug-likeness (QED) is 0.474. The molecule has 0 aromatic rings. The first-order chi connectivity index (χ1) is 7.11. The average molecular weight is 232 g/mol. The number of unbranched alkanes of at least 4 members (excludes halogenated alkanes) is 1. The van der Waals surface area contributed by atoms with E-state index in [1.54, 1.807) is 0 Å². The Morgan fingerprint density at radius 3 is 2.40 bits per heavy atom. The Morgan fingerprint density at radius 1 is 1.33 bits per heavy atom. The van der Waals surface area contributed by atoms with Gasteiger partial charge in [-0.3, -0.25) is 4.79 Å². The molecule has 0 saturated carbocycles. The fourth-order valence-corrected chi connectivity index (χ4v) is 1.96. The number of carbonyl (C=O) groups excluding carboxylic acids is 1. The first-order valence-electron chi connectivity index (χ1n) is 5.93. The van der Waals surface area contributed by atoms with Crippen molar-refractivity contribution in [3.63, 3.8) is 0 Å². The summed E-state index contributed by atoms with van der Waals surface area (Å²) in [5.41, 5.74) is 0. The fourth-order valence-electron chi connectivity index (χ4n) is 1.74. The first-order valence-corrected chi connectivity index (χ1v) is 6.56. The summed E-state index contributed by atoms with van der Waals surface area (Å²) in [5, 5.41) is 9.09. The monoisotopic (exact) mass is 232 g/mol. The third-order valence-electron chi connectivity index (χ3n) is 2.73. The third kappa shape index (κ3) is 7.86. The molecule has 15 heavy (non-hydrogen) atoms. The van der Waals surface area contributed by atoms with E-state index < -0.39 is 0 Å². The van der Waals surface area contributed by atoms with E-state index in [4.69, 9.17) is 5.11 Å². The van der Waals surface area contributed by atoms with E-state index in [0.29, 0.717) is 18.0 Å². The fraction of sp³-hybridized carbons (Fsp3) is 0.917. The van der Waals surface area contributed by atoms with Crippen LogP contribution in [0.1, 0.15) is 52.4 Å². The van der Waals surface area contributed by atoms with Crippen molar-refractivity contribution in [3.8, 4) is 0 Å². The summed E-state index contributed by atoms with van der Waals surface area (Å²) < 4.78 is 0. The van der Waals surface area contributed by atoms with Crippen LogP contribution < -0.4 is 0 Å². The van der Waals surface area contributed by atoms with Crippen molar-refractivity contribution in [2.24, 2.45) is 5.92 Å². The summed E-state index contributed by atoms with van der Waals surface area (Å²) in [6, 6.07) is 0. The molecule has 2 atom stereocenters. The Balaban J connectivity index is 3.65. The molecule has 3 heteroatoms. The Morgan fingerprint density at radius 2 is 1.93 bits per heavy atom. The smallest absolute Gasteiger partial charge is 0.136 e. The lowest BCUT2D eigenvalue weighted by Crippen LogP contribution is -2.14. The predicted molar refractivity (Wildman–Crippen MR) is 67.4 cm³/mol. The van der Waals surface area contributed by atoms with Gasteiger partial charge in [0, 0.05) is 12.3 Å². The number of thiol groups is 1. The number of hydrogen-bond acceptors (Lipinski definition) is 3. The number of aliphatic hydroxyl groups is 1. The molecule has 0 aliphatic rings. The number of ketones is 1. The van der Waals surface area contributed by atoms with Crippen LogP contribution in [0.4, 0.5) is 0 Å². The number of Topliss-reactive ketones (excluding diaryl/α,β-unsaturated/α-hetero) is 1. The highest BCUT2D eigenvalue weighted by atomic mass is 32.1. The van der Waals surface area contributed by atoms with Crippen LogP contribution >= 0.6 is 12.6 Å². The standard InChI is InChI=1S/C12H24O2S/c1-3-11(12(14)8-9-15)7-5-4-6-10(2)13/h10-11,13,15H,3-9H2,1-2H3. The molecule has 2 nitrogen and oxygen atoms in total.